The molecule has 0 aromatic rings. The first-order chi connectivity index (χ1) is 5.07. The van der Waals surface area contributed by atoms with Crippen LogP contribution in [0.15, 0.2) is 0 Å². The molecule has 2 heteroatoms. The average molecular weight is 172 g/mol. The lowest BCUT2D eigenvalue weighted by Crippen LogP contribution is -2.14. The van der Waals surface area contributed by atoms with Crippen molar-refractivity contribution in [2.24, 2.45) is 5.92 Å². The van der Waals surface area contributed by atoms with Crippen LogP contribution in [0.1, 0.15) is 40.5 Å². The van der Waals surface area contributed by atoms with Gasteiger partial charge < -0.3 is 4.80 Å². The van der Waals surface area contributed by atoms with Crippen LogP contribution < -0.4 is 0 Å². The van der Waals surface area contributed by atoms with Crippen molar-refractivity contribution in [2.45, 2.75) is 46.6 Å². The second-order valence-corrected chi connectivity index (χ2v) is 5.82. The molecular weight excluding hydrogens is 152 g/mol. The fourth-order valence-corrected chi connectivity index (χ4v) is 2.72. The monoisotopic (exact) mass is 172 g/mol. The zero-order valence-electron chi connectivity index (χ0n) is 8.15. The lowest BCUT2D eigenvalue weighted by Gasteiger charge is -2.06. The highest BCUT2D eigenvalue weighted by atomic mass is 28.3. The van der Waals surface area contributed by atoms with E-state index in [1.165, 1.54) is 5.17 Å². The molecule has 0 spiro atoms. The molecule has 0 aliphatic rings. The van der Waals surface area contributed by atoms with Gasteiger partial charge in [0.05, 0.1) is 0 Å². The number of hydrogen-bond acceptors (Lipinski definition) is 1. The van der Waals surface area contributed by atoms with Gasteiger partial charge in [-0.05, 0) is 25.3 Å². The molecule has 0 amide bonds. The van der Waals surface area contributed by atoms with E-state index in [1.807, 2.05) is 0 Å². The molecule has 0 saturated heterocycles. The number of rotatable bonds is 4. The van der Waals surface area contributed by atoms with Crippen molar-refractivity contribution < 1.29 is 4.80 Å². The van der Waals surface area contributed by atoms with E-state index in [4.69, 9.17) is 0 Å². The maximum absolute atomic E-state index is 9.63. The van der Waals surface area contributed by atoms with Gasteiger partial charge in [0.25, 0.3) is 0 Å². The van der Waals surface area contributed by atoms with E-state index in [-0.39, 0.29) is 0 Å². The van der Waals surface area contributed by atoms with Gasteiger partial charge in [-0.2, -0.15) is 0 Å². The zero-order chi connectivity index (χ0) is 8.85. The van der Waals surface area contributed by atoms with E-state index in [2.05, 4.69) is 27.7 Å². The summed E-state index contributed by atoms with van der Waals surface area (Å²) in [5.74, 6) is 0.694. The van der Waals surface area contributed by atoms with Crippen molar-refractivity contribution >= 4 is 13.8 Å². The van der Waals surface area contributed by atoms with Gasteiger partial charge in [0.2, 0.25) is 8.65 Å². The molecule has 0 atom stereocenters. The van der Waals surface area contributed by atoms with Crippen molar-refractivity contribution in [1.82, 2.24) is 0 Å². The molecule has 0 unspecified atom stereocenters. The fourth-order valence-electron chi connectivity index (χ4n) is 1.18. The predicted molar refractivity (Wildman–Crippen MR) is 53.2 cm³/mol. The van der Waals surface area contributed by atoms with Crippen molar-refractivity contribution in [2.75, 3.05) is 0 Å². The Morgan fingerprint density at radius 1 is 1.45 bits per heavy atom. The molecule has 11 heavy (non-hydrogen) atoms. The van der Waals surface area contributed by atoms with Gasteiger partial charge in [0.15, 0.2) is 0 Å². The first kappa shape index (κ1) is 10.9. The lowest BCUT2D eigenvalue weighted by atomic mass is 10.1. The van der Waals surface area contributed by atoms with Crippen LogP contribution in [0.4, 0.5) is 0 Å². The minimum Gasteiger partial charge on any atom is -0.565 e. The normalized spacial score (nSPS) is 13.5. The Morgan fingerprint density at radius 2 is 2.00 bits per heavy atom. The van der Waals surface area contributed by atoms with E-state index in [0.717, 1.165) is 18.9 Å². The topological polar surface area (TPSA) is 20.2 Å². The number of hydrogen-bond donors (Lipinski definition) is 1. The van der Waals surface area contributed by atoms with Crippen LogP contribution in [0.25, 0.3) is 0 Å². The third-order valence-corrected chi connectivity index (χ3v) is 3.86. The molecule has 0 aromatic carbocycles. The third kappa shape index (κ3) is 5.19. The quantitative estimate of drug-likeness (QED) is 0.645. The Hall–Kier alpha value is -0.113. The van der Waals surface area contributed by atoms with Crippen molar-refractivity contribution in [1.29, 1.82) is 0 Å². The van der Waals surface area contributed by atoms with Crippen LogP contribution in [0, 0.1) is 5.92 Å². The van der Waals surface area contributed by atoms with E-state index < -0.39 is 8.65 Å². The van der Waals surface area contributed by atoms with Gasteiger partial charge in [0, 0.05) is 0 Å². The molecule has 1 N–H and O–H groups in total. The van der Waals surface area contributed by atoms with Crippen molar-refractivity contribution in [3.63, 3.8) is 0 Å². The lowest BCUT2D eigenvalue weighted by molar-refractivity contribution is 0.588. The minimum atomic E-state index is -1.10. The summed E-state index contributed by atoms with van der Waals surface area (Å²) >= 11 is 0. The molecule has 0 saturated carbocycles. The Kier molecular flexibility index (Phi) is 5.47. The minimum absolute atomic E-state index is 0.694. The van der Waals surface area contributed by atoms with Crippen LogP contribution in [-0.4, -0.2) is 18.6 Å². The maximum Gasteiger partial charge on any atom is 0.227 e. The Morgan fingerprint density at radius 3 is 2.36 bits per heavy atom. The second-order valence-electron chi connectivity index (χ2n) is 3.57. The smallest absolute Gasteiger partial charge is 0.227 e. The summed E-state index contributed by atoms with van der Waals surface area (Å²) in [6.45, 7) is 8.63. The molecule has 0 aliphatic carbocycles. The van der Waals surface area contributed by atoms with E-state index in [0.29, 0.717) is 5.92 Å². The molecule has 0 radical (unpaired) electrons. The van der Waals surface area contributed by atoms with Gasteiger partial charge in [-0.3, -0.25) is 0 Å². The summed E-state index contributed by atoms with van der Waals surface area (Å²) in [7, 11) is -1.10. The summed E-state index contributed by atoms with van der Waals surface area (Å²) in [5.41, 5.74) is 0. The highest BCUT2D eigenvalue weighted by Crippen LogP contribution is 2.02. The Labute approximate surface area is 71.8 Å². The maximum atomic E-state index is 9.63. The molecule has 66 valence electrons. The zero-order valence-corrected chi connectivity index (χ0v) is 9.15. The molecule has 0 heterocycles. The molecule has 0 fully saturated rings. The first-order valence-corrected chi connectivity index (χ1v) is 6.11. The van der Waals surface area contributed by atoms with Gasteiger partial charge in [-0.1, -0.05) is 32.4 Å². The molecule has 0 bridgehead atoms. The molecule has 0 rings (SSSR count). The second kappa shape index (κ2) is 5.53. The van der Waals surface area contributed by atoms with Crippen molar-refractivity contribution in [3.05, 3.63) is 0 Å². The van der Waals surface area contributed by atoms with E-state index in [1.54, 1.807) is 0 Å². The standard InChI is InChI=1S/C9H20OSi/c1-5-6-11(10)9(4)7-8(2)3/h8,10H,5-7H2,1-4H3/b11-9+. The first-order valence-electron chi connectivity index (χ1n) is 4.45. The van der Waals surface area contributed by atoms with E-state index in [9.17, 15) is 4.80 Å². The highest BCUT2D eigenvalue weighted by molar-refractivity contribution is 6.64. The summed E-state index contributed by atoms with van der Waals surface area (Å²) in [5, 5.41) is 1.34. The van der Waals surface area contributed by atoms with Crippen LogP contribution in [0.2, 0.25) is 6.04 Å². The molecular formula is C9H20OSi. The fraction of sp³-hybridized carbons (Fsp3) is 0.889. The van der Waals surface area contributed by atoms with Gasteiger partial charge in [-0.25, -0.2) is 0 Å². The van der Waals surface area contributed by atoms with E-state index >= 15 is 0 Å². The van der Waals surface area contributed by atoms with Crippen molar-refractivity contribution in [3.8, 4) is 0 Å². The Balaban J connectivity index is 3.93. The molecule has 0 aliphatic heterocycles. The summed E-state index contributed by atoms with van der Waals surface area (Å²) in [6, 6.07) is 1.02. The van der Waals surface area contributed by atoms with Crippen LogP contribution in [0.3, 0.4) is 0 Å². The summed E-state index contributed by atoms with van der Waals surface area (Å²) < 4.78 is 0. The highest BCUT2D eigenvalue weighted by Gasteiger charge is 2.03. The van der Waals surface area contributed by atoms with Gasteiger partial charge in [-0.15, -0.1) is 0 Å². The summed E-state index contributed by atoms with van der Waals surface area (Å²) in [6.07, 6.45) is 2.21. The average Bonchev–Trinajstić information content (AvgIpc) is 1.86. The summed E-state index contributed by atoms with van der Waals surface area (Å²) in [4.78, 5) is 9.63. The van der Waals surface area contributed by atoms with Crippen LogP contribution in [0.5, 0.6) is 0 Å². The predicted octanol–water partition coefficient (Wildman–Crippen LogP) is 2.20. The van der Waals surface area contributed by atoms with Crippen LogP contribution >= 0.6 is 0 Å². The molecule has 1 nitrogen and oxygen atoms in total. The van der Waals surface area contributed by atoms with Crippen LogP contribution in [-0.2, 0) is 0 Å². The third-order valence-electron chi connectivity index (χ3n) is 1.69. The largest absolute Gasteiger partial charge is 0.565 e. The van der Waals surface area contributed by atoms with Gasteiger partial charge >= 0.3 is 0 Å². The Bertz CT molecular complexity index is 138. The SMILES string of the molecule is CCC/[Si](O)=C(/C)CC(C)C. The van der Waals surface area contributed by atoms with Gasteiger partial charge in [0.1, 0.15) is 0 Å². The molecule has 0 aromatic heterocycles.